The highest BCUT2D eigenvalue weighted by Gasteiger charge is 2.39. The normalized spacial score (nSPS) is 25.7. The monoisotopic (exact) mass is 411 g/mol. The summed E-state index contributed by atoms with van der Waals surface area (Å²) in [6.45, 7) is 0. The van der Waals surface area contributed by atoms with E-state index in [2.05, 4.69) is 43.8 Å². The molecule has 0 saturated heterocycles. The number of nitrogens with two attached hydrogens (primary N) is 1. The number of fused-ring (bicyclic) bond motifs is 3. The van der Waals surface area contributed by atoms with Crippen LogP contribution < -0.4 is 10.5 Å². The van der Waals surface area contributed by atoms with Crippen LogP contribution in [-0.4, -0.2) is 13.4 Å². The number of rotatable bonds is 2. The predicted octanol–water partition coefficient (Wildman–Crippen LogP) is 3.38. The van der Waals surface area contributed by atoms with E-state index in [1.807, 2.05) is 0 Å². The molecule has 0 radical (unpaired) electrons. The van der Waals surface area contributed by atoms with Crippen LogP contribution in [0.3, 0.4) is 0 Å². The molecule has 120 valence electrons. The van der Waals surface area contributed by atoms with Crippen molar-refractivity contribution in [2.24, 2.45) is 11.1 Å². The third kappa shape index (κ3) is 2.63. The van der Waals surface area contributed by atoms with E-state index in [0.29, 0.717) is 5.92 Å². The summed E-state index contributed by atoms with van der Waals surface area (Å²) in [4.78, 5) is 4.71. The first-order valence-electron chi connectivity index (χ1n) is 7.14. The van der Waals surface area contributed by atoms with Crippen LogP contribution in [0.5, 0.6) is 0 Å². The van der Waals surface area contributed by atoms with Gasteiger partial charge < -0.3 is 5.32 Å². The average Bonchev–Trinajstić information content (AvgIpc) is 3.13. The van der Waals surface area contributed by atoms with Gasteiger partial charge in [0.05, 0.1) is 16.6 Å². The number of hydrogen-bond donors (Lipinski definition) is 2. The molecule has 0 spiro atoms. The van der Waals surface area contributed by atoms with Gasteiger partial charge in [0.2, 0.25) is 10.0 Å². The zero-order chi connectivity index (χ0) is 16.2. The van der Waals surface area contributed by atoms with Gasteiger partial charge >= 0.3 is 0 Å². The Balaban J connectivity index is 1.80. The summed E-state index contributed by atoms with van der Waals surface area (Å²) in [6, 6.07) is 5.16. The Labute approximate surface area is 146 Å². The molecule has 1 aromatic carbocycles. The standard InChI is InChI=1S/C15H14BrN3O2S2/c16-15-19-13(7-22-15)14-10-3-1-2-9(10)11-6-8(23(17,20)21)4-5-12(11)18-14/h1-2,4-7,9-10,14,18H,3H2,(H2,17,20,21)/t9-,10+,14-/m0/s1. The van der Waals surface area contributed by atoms with E-state index < -0.39 is 10.0 Å². The van der Waals surface area contributed by atoms with Gasteiger partial charge in [-0.2, -0.15) is 0 Å². The molecule has 4 rings (SSSR count). The first-order chi connectivity index (χ1) is 10.9. The highest BCUT2D eigenvalue weighted by Crippen LogP contribution is 2.50. The lowest BCUT2D eigenvalue weighted by atomic mass is 9.78. The Morgan fingerprint density at radius 1 is 1.39 bits per heavy atom. The number of nitrogens with one attached hydrogen (secondary N) is 1. The lowest BCUT2D eigenvalue weighted by molar-refractivity contribution is 0.419. The van der Waals surface area contributed by atoms with Crippen LogP contribution in [0, 0.1) is 5.92 Å². The van der Waals surface area contributed by atoms with Crippen LogP contribution in [0.2, 0.25) is 0 Å². The van der Waals surface area contributed by atoms with Gasteiger partial charge in [0, 0.05) is 17.0 Å². The number of benzene rings is 1. The van der Waals surface area contributed by atoms with Gasteiger partial charge in [0.25, 0.3) is 0 Å². The summed E-state index contributed by atoms with van der Waals surface area (Å²) in [6.07, 6.45) is 5.26. The van der Waals surface area contributed by atoms with Crippen LogP contribution in [-0.2, 0) is 10.0 Å². The third-order valence-corrected chi connectivity index (χ3v) is 6.77. The maximum atomic E-state index is 11.6. The second-order valence-electron chi connectivity index (χ2n) is 5.79. The molecule has 23 heavy (non-hydrogen) atoms. The van der Waals surface area contributed by atoms with Gasteiger partial charge in [-0.25, -0.2) is 18.5 Å². The largest absolute Gasteiger partial charge is 0.376 e. The molecule has 3 atom stereocenters. The molecular formula is C15H14BrN3O2S2. The number of primary sulfonamides is 1. The molecular weight excluding hydrogens is 398 g/mol. The number of sulfonamides is 1. The molecule has 5 nitrogen and oxygen atoms in total. The Kier molecular flexibility index (Phi) is 3.60. The molecule has 0 unspecified atom stereocenters. The molecule has 0 amide bonds. The predicted molar refractivity (Wildman–Crippen MR) is 94.0 cm³/mol. The summed E-state index contributed by atoms with van der Waals surface area (Å²) in [5.41, 5.74) is 2.95. The summed E-state index contributed by atoms with van der Waals surface area (Å²) in [5.74, 6) is 0.505. The number of aromatic nitrogens is 1. The molecule has 8 heteroatoms. The summed E-state index contributed by atoms with van der Waals surface area (Å²) in [5, 5.41) is 10.8. The number of thiazole rings is 1. The van der Waals surface area contributed by atoms with Gasteiger partial charge in [0.15, 0.2) is 3.92 Å². The van der Waals surface area contributed by atoms with Gasteiger partial charge in [0.1, 0.15) is 0 Å². The minimum Gasteiger partial charge on any atom is -0.376 e. The zero-order valence-corrected chi connectivity index (χ0v) is 15.2. The fourth-order valence-electron chi connectivity index (χ4n) is 3.45. The van der Waals surface area contributed by atoms with E-state index in [1.165, 1.54) is 0 Å². The van der Waals surface area contributed by atoms with Crippen molar-refractivity contribution >= 4 is 43.0 Å². The lowest BCUT2D eigenvalue weighted by Gasteiger charge is -2.36. The molecule has 2 aromatic rings. The van der Waals surface area contributed by atoms with Crippen molar-refractivity contribution < 1.29 is 8.42 Å². The van der Waals surface area contributed by atoms with E-state index in [1.54, 1.807) is 29.5 Å². The Morgan fingerprint density at radius 2 is 2.22 bits per heavy atom. The van der Waals surface area contributed by atoms with Gasteiger partial charge in [-0.3, -0.25) is 0 Å². The van der Waals surface area contributed by atoms with Gasteiger partial charge in [-0.05, 0) is 52.0 Å². The van der Waals surface area contributed by atoms with Crippen LogP contribution in [0.1, 0.15) is 29.6 Å². The van der Waals surface area contributed by atoms with Crippen molar-refractivity contribution in [1.29, 1.82) is 0 Å². The van der Waals surface area contributed by atoms with E-state index in [4.69, 9.17) is 5.14 Å². The van der Waals surface area contributed by atoms with Crippen molar-refractivity contribution in [2.75, 3.05) is 5.32 Å². The maximum absolute atomic E-state index is 11.6. The van der Waals surface area contributed by atoms with E-state index >= 15 is 0 Å². The fraction of sp³-hybridized carbons (Fsp3) is 0.267. The third-order valence-electron chi connectivity index (χ3n) is 4.48. The van der Waals surface area contributed by atoms with Crippen molar-refractivity contribution in [2.45, 2.75) is 23.3 Å². The minimum atomic E-state index is -3.70. The zero-order valence-electron chi connectivity index (χ0n) is 11.9. The molecule has 0 bridgehead atoms. The number of hydrogen-bond acceptors (Lipinski definition) is 5. The van der Waals surface area contributed by atoms with Crippen LogP contribution in [0.15, 0.2) is 44.5 Å². The fourth-order valence-corrected chi connectivity index (χ4v) is 5.06. The topological polar surface area (TPSA) is 85.1 Å². The van der Waals surface area contributed by atoms with Crippen molar-refractivity contribution in [3.05, 3.63) is 50.9 Å². The summed E-state index contributed by atoms with van der Waals surface area (Å²) < 4.78 is 24.1. The molecule has 0 fully saturated rings. The highest BCUT2D eigenvalue weighted by atomic mass is 79.9. The number of allylic oxidation sites excluding steroid dienone is 2. The maximum Gasteiger partial charge on any atom is 0.238 e. The van der Waals surface area contributed by atoms with Gasteiger partial charge in [-0.15, -0.1) is 11.3 Å². The van der Waals surface area contributed by atoms with Crippen LogP contribution in [0.4, 0.5) is 5.69 Å². The van der Waals surface area contributed by atoms with Crippen molar-refractivity contribution in [3.8, 4) is 0 Å². The smallest absolute Gasteiger partial charge is 0.238 e. The second kappa shape index (κ2) is 5.41. The SMILES string of the molecule is NS(=O)(=O)c1ccc2c(c1)[C@H]1C=CC[C@H]1[C@@H](c1csc(Br)n1)N2. The van der Waals surface area contributed by atoms with E-state index in [-0.39, 0.29) is 16.9 Å². The van der Waals surface area contributed by atoms with Crippen molar-refractivity contribution in [1.82, 2.24) is 4.98 Å². The molecule has 1 aliphatic heterocycles. The summed E-state index contributed by atoms with van der Waals surface area (Å²) >= 11 is 4.99. The highest BCUT2D eigenvalue weighted by molar-refractivity contribution is 9.11. The first kappa shape index (κ1) is 15.3. The molecule has 0 saturated carbocycles. The molecule has 3 N–H and O–H groups in total. The Hall–Kier alpha value is -1.22. The molecule has 2 heterocycles. The Morgan fingerprint density at radius 3 is 2.91 bits per heavy atom. The molecule has 1 aromatic heterocycles. The first-order valence-corrected chi connectivity index (χ1v) is 10.4. The minimum absolute atomic E-state index is 0.116. The van der Waals surface area contributed by atoms with E-state index in [0.717, 1.165) is 27.3 Å². The van der Waals surface area contributed by atoms with Crippen LogP contribution in [0.25, 0.3) is 0 Å². The van der Waals surface area contributed by atoms with Crippen molar-refractivity contribution in [3.63, 3.8) is 0 Å². The lowest BCUT2D eigenvalue weighted by Crippen LogP contribution is -2.29. The quantitative estimate of drug-likeness (QED) is 0.741. The number of halogens is 1. The second-order valence-corrected chi connectivity index (χ2v) is 9.49. The number of nitrogens with zero attached hydrogens (tertiary/aromatic N) is 1. The number of anilines is 1. The van der Waals surface area contributed by atoms with E-state index in [9.17, 15) is 8.42 Å². The molecule has 2 aliphatic rings. The Bertz CT molecular complexity index is 907. The molecule has 1 aliphatic carbocycles. The average molecular weight is 412 g/mol. The summed E-state index contributed by atoms with van der Waals surface area (Å²) in [7, 11) is -3.70. The van der Waals surface area contributed by atoms with Crippen LogP contribution >= 0.6 is 27.3 Å². The van der Waals surface area contributed by atoms with Gasteiger partial charge in [-0.1, -0.05) is 12.2 Å².